The predicted molar refractivity (Wildman–Crippen MR) is 124 cm³/mol. The number of pyridine rings is 1. The maximum atomic E-state index is 13.3. The highest BCUT2D eigenvalue weighted by Crippen LogP contribution is 2.39. The number of aromatic nitrogens is 1. The lowest BCUT2D eigenvalue weighted by Crippen LogP contribution is -2.50. The first-order chi connectivity index (χ1) is 15.0. The highest BCUT2D eigenvalue weighted by molar-refractivity contribution is 6.05. The van der Waals surface area contributed by atoms with Crippen LogP contribution in [0.4, 0.5) is 0 Å². The normalized spacial score (nSPS) is 17.9. The van der Waals surface area contributed by atoms with Crippen molar-refractivity contribution in [1.29, 1.82) is 5.26 Å². The SMILES string of the molecule is CC(C)[C@](C)(C#N)NC(=O)COC(=O)c1c2c(nc3ccccc13)CC[C@@H](C(C)(C)C)C2. The van der Waals surface area contributed by atoms with E-state index in [0.717, 1.165) is 41.4 Å². The smallest absolute Gasteiger partial charge is 0.339 e. The van der Waals surface area contributed by atoms with Crippen molar-refractivity contribution in [2.75, 3.05) is 6.61 Å². The summed E-state index contributed by atoms with van der Waals surface area (Å²) in [6.07, 6.45) is 2.60. The molecule has 2 aromatic rings. The van der Waals surface area contributed by atoms with Crippen molar-refractivity contribution in [1.82, 2.24) is 10.3 Å². The molecule has 0 bridgehead atoms. The van der Waals surface area contributed by atoms with Gasteiger partial charge in [0.05, 0.1) is 17.1 Å². The number of rotatable bonds is 5. The summed E-state index contributed by atoms with van der Waals surface area (Å²) in [7, 11) is 0. The van der Waals surface area contributed by atoms with Crippen LogP contribution in [-0.2, 0) is 22.4 Å². The van der Waals surface area contributed by atoms with Crippen molar-refractivity contribution in [3.8, 4) is 6.07 Å². The number of carbonyl (C=O) groups excluding carboxylic acids is 2. The molecule has 1 aromatic heterocycles. The molecule has 1 N–H and O–H groups in total. The van der Waals surface area contributed by atoms with E-state index < -0.39 is 24.0 Å². The Labute approximate surface area is 190 Å². The first-order valence-corrected chi connectivity index (χ1v) is 11.3. The minimum absolute atomic E-state index is 0.0855. The fourth-order valence-electron chi connectivity index (χ4n) is 4.19. The van der Waals surface area contributed by atoms with Crippen LogP contribution in [0, 0.1) is 28.6 Å². The van der Waals surface area contributed by atoms with Gasteiger partial charge in [-0.15, -0.1) is 0 Å². The van der Waals surface area contributed by atoms with Crippen LogP contribution in [0.15, 0.2) is 24.3 Å². The number of benzene rings is 1. The molecule has 1 amide bonds. The molecule has 2 atom stereocenters. The maximum Gasteiger partial charge on any atom is 0.339 e. The van der Waals surface area contributed by atoms with Gasteiger partial charge in [-0.1, -0.05) is 52.8 Å². The summed E-state index contributed by atoms with van der Waals surface area (Å²) in [6.45, 7) is 11.6. The van der Waals surface area contributed by atoms with Gasteiger partial charge < -0.3 is 10.1 Å². The standard InChI is InChI=1S/C26H33N3O3/c1-16(2)26(6,15-27)29-22(30)14-32-24(31)23-18-9-7-8-10-20(18)28-21-12-11-17(13-19(21)23)25(3,4)5/h7-10,16-17H,11-14H2,1-6H3,(H,29,30)/t17-,26+/m1/s1. The number of nitriles is 1. The molecule has 1 aliphatic carbocycles. The lowest BCUT2D eigenvalue weighted by atomic mass is 9.70. The number of hydrogen-bond acceptors (Lipinski definition) is 5. The van der Waals surface area contributed by atoms with Crippen LogP contribution in [-0.4, -0.2) is 29.0 Å². The summed E-state index contributed by atoms with van der Waals surface area (Å²) in [6, 6.07) is 9.69. The Morgan fingerprint density at radius 1 is 1.25 bits per heavy atom. The molecule has 0 radical (unpaired) electrons. The van der Waals surface area contributed by atoms with Crippen LogP contribution in [0.3, 0.4) is 0 Å². The molecule has 0 fully saturated rings. The molecule has 1 heterocycles. The number of para-hydroxylation sites is 1. The van der Waals surface area contributed by atoms with E-state index in [-0.39, 0.29) is 11.3 Å². The van der Waals surface area contributed by atoms with E-state index in [1.807, 2.05) is 38.1 Å². The number of carbonyl (C=O) groups is 2. The van der Waals surface area contributed by atoms with E-state index in [2.05, 4.69) is 32.2 Å². The third-order valence-electron chi connectivity index (χ3n) is 6.81. The summed E-state index contributed by atoms with van der Waals surface area (Å²) >= 11 is 0. The monoisotopic (exact) mass is 435 g/mol. The largest absolute Gasteiger partial charge is 0.452 e. The van der Waals surface area contributed by atoms with Crippen molar-refractivity contribution in [3.63, 3.8) is 0 Å². The Bertz CT molecular complexity index is 1080. The van der Waals surface area contributed by atoms with E-state index >= 15 is 0 Å². The van der Waals surface area contributed by atoms with E-state index in [0.29, 0.717) is 11.5 Å². The molecular formula is C26H33N3O3. The van der Waals surface area contributed by atoms with E-state index in [1.165, 1.54) is 0 Å². The van der Waals surface area contributed by atoms with Crippen LogP contribution in [0.5, 0.6) is 0 Å². The predicted octanol–water partition coefficient (Wildman–Crippen LogP) is 4.60. The van der Waals surface area contributed by atoms with Crippen molar-refractivity contribution in [2.24, 2.45) is 17.3 Å². The first-order valence-electron chi connectivity index (χ1n) is 11.3. The van der Waals surface area contributed by atoms with Gasteiger partial charge in [0.2, 0.25) is 0 Å². The number of ether oxygens (including phenoxy) is 1. The molecule has 1 aliphatic rings. The van der Waals surface area contributed by atoms with Gasteiger partial charge in [0.1, 0.15) is 5.54 Å². The highest BCUT2D eigenvalue weighted by atomic mass is 16.5. The van der Waals surface area contributed by atoms with Crippen LogP contribution in [0.2, 0.25) is 0 Å². The third-order valence-corrected chi connectivity index (χ3v) is 6.81. The molecule has 0 saturated heterocycles. The van der Waals surface area contributed by atoms with Crippen LogP contribution in [0.1, 0.15) is 69.6 Å². The summed E-state index contributed by atoms with van der Waals surface area (Å²) in [5.74, 6) is -0.670. The van der Waals surface area contributed by atoms with Crippen LogP contribution >= 0.6 is 0 Å². The van der Waals surface area contributed by atoms with Gasteiger partial charge in [-0.25, -0.2) is 4.79 Å². The number of hydrogen-bond donors (Lipinski definition) is 1. The Morgan fingerprint density at radius 3 is 2.56 bits per heavy atom. The van der Waals surface area contributed by atoms with Gasteiger partial charge in [0, 0.05) is 11.1 Å². The molecular weight excluding hydrogens is 402 g/mol. The molecule has 0 saturated carbocycles. The molecule has 1 aromatic carbocycles. The average molecular weight is 436 g/mol. The number of nitrogens with zero attached hydrogens (tertiary/aromatic N) is 2. The van der Waals surface area contributed by atoms with Gasteiger partial charge in [0.25, 0.3) is 5.91 Å². The molecule has 32 heavy (non-hydrogen) atoms. The second kappa shape index (κ2) is 8.90. The number of amides is 1. The van der Waals surface area contributed by atoms with E-state index in [1.54, 1.807) is 6.92 Å². The van der Waals surface area contributed by atoms with Gasteiger partial charge in [-0.2, -0.15) is 5.26 Å². The number of esters is 1. The molecule has 0 spiro atoms. The second-order valence-electron chi connectivity index (χ2n) is 10.3. The quantitative estimate of drug-likeness (QED) is 0.693. The lowest BCUT2D eigenvalue weighted by molar-refractivity contribution is -0.125. The molecule has 3 rings (SSSR count). The summed E-state index contributed by atoms with van der Waals surface area (Å²) in [5, 5.41) is 12.9. The third kappa shape index (κ3) is 4.77. The maximum absolute atomic E-state index is 13.3. The van der Waals surface area contributed by atoms with Crippen molar-refractivity contribution >= 4 is 22.8 Å². The lowest BCUT2D eigenvalue weighted by Gasteiger charge is -2.35. The summed E-state index contributed by atoms with van der Waals surface area (Å²) in [4.78, 5) is 30.5. The van der Waals surface area contributed by atoms with Gasteiger partial charge in [-0.3, -0.25) is 9.78 Å². The first kappa shape index (κ1) is 23.7. The van der Waals surface area contributed by atoms with Crippen molar-refractivity contribution in [3.05, 3.63) is 41.1 Å². The van der Waals surface area contributed by atoms with Gasteiger partial charge in [0.15, 0.2) is 6.61 Å². The molecule has 0 unspecified atom stereocenters. The Balaban J connectivity index is 1.90. The Hall–Kier alpha value is -2.94. The summed E-state index contributed by atoms with van der Waals surface area (Å²) in [5.41, 5.74) is 2.24. The number of aryl methyl sites for hydroxylation is 1. The highest BCUT2D eigenvalue weighted by Gasteiger charge is 2.34. The zero-order valence-electron chi connectivity index (χ0n) is 19.9. The van der Waals surface area contributed by atoms with Gasteiger partial charge >= 0.3 is 5.97 Å². The van der Waals surface area contributed by atoms with Crippen molar-refractivity contribution < 1.29 is 14.3 Å². The average Bonchev–Trinajstić information content (AvgIpc) is 2.74. The van der Waals surface area contributed by atoms with Gasteiger partial charge in [-0.05, 0) is 55.1 Å². The molecule has 0 aliphatic heterocycles. The van der Waals surface area contributed by atoms with Crippen LogP contribution < -0.4 is 5.32 Å². The Kier molecular flexibility index (Phi) is 6.59. The zero-order valence-corrected chi connectivity index (χ0v) is 19.9. The zero-order chi connectivity index (χ0) is 23.7. The fourth-order valence-corrected chi connectivity index (χ4v) is 4.19. The van der Waals surface area contributed by atoms with E-state index in [9.17, 15) is 14.9 Å². The molecule has 170 valence electrons. The topological polar surface area (TPSA) is 92.1 Å². The van der Waals surface area contributed by atoms with Crippen LogP contribution in [0.25, 0.3) is 10.9 Å². The molecule has 6 nitrogen and oxygen atoms in total. The van der Waals surface area contributed by atoms with Crippen molar-refractivity contribution in [2.45, 2.75) is 66.3 Å². The number of nitrogens with one attached hydrogen (secondary N) is 1. The minimum atomic E-state index is -1.02. The molecule has 6 heteroatoms. The van der Waals surface area contributed by atoms with E-state index in [4.69, 9.17) is 9.72 Å². The second-order valence-corrected chi connectivity index (χ2v) is 10.3. The Morgan fingerprint density at radius 2 is 1.94 bits per heavy atom. The minimum Gasteiger partial charge on any atom is -0.452 e. The summed E-state index contributed by atoms with van der Waals surface area (Å²) < 4.78 is 5.47. The fraction of sp³-hybridized carbons (Fsp3) is 0.538. The number of fused-ring (bicyclic) bond motifs is 2.